The number of nitrogens with zero attached hydrogens (tertiary/aromatic N) is 3. The van der Waals surface area contributed by atoms with Gasteiger partial charge in [0, 0.05) is 10.9 Å². The molecule has 2 aromatic carbocycles. The van der Waals surface area contributed by atoms with Crippen LogP contribution in [0.3, 0.4) is 0 Å². The maximum absolute atomic E-state index is 13.0. The number of hydrazone groups is 1. The van der Waals surface area contributed by atoms with Gasteiger partial charge in [-0.2, -0.15) is 15.1 Å². The summed E-state index contributed by atoms with van der Waals surface area (Å²) in [6.45, 7) is 4.95. The van der Waals surface area contributed by atoms with Crippen LogP contribution in [-0.4, -0.2) is 46.8 Å². The van der Waals surface area contributed by atoms with E-state index in [-0.39, 0.29) is 11.4 Å². The minimum Gasteiger partial charge on any atom is -0.490 e. The van der Waals surface area contributed by atoms with Crippen LogP contribution in [0.4, 0.5) is 0 Å². The predicted octanol–water partition coefficient (Wildman–Crippen LogP) is 7.31. The Hall–Kier alpha value is -2.57. The van der Waals surface area contributed by atoms with Crippen molar-refractivity contribution in [2.45, 2.75) is 46.0 Å². The smallest absolute Gasteiger partial charge is 0.283 e. The van der Waals surface area contributed by atoms with E-state index in [0.717, 1.165) is 32.8 Å². The van der Waals surface area contributed by atoms with E-state index in [0.29, 0.717) is 53.0 Å². The lowest BCUT2D eigenvalue weighted by Gasteiger charge is -2.20. The summed E-state index contributed by atoms with van der Waals surface area (Å²) >= 11 is 9.64. The van der Waals surface area contributed by atoms with Crippen LogP contribution in [0.25, 0.3) is 6.08 Å². The molecule has 0 unspecified atom stereocenters. The average Bonchev–Trinajstić information content (AvgIpc) is 3.36. The molecule has 8 nitrogen and oxygen atoms in total. The van der Waals surface area contributed by atoms with E-state index in [2.05, 4.69) is 27.6 Å². The standard InChI is InChI=1S/C29H30ClIN4O4S/c1-3-37-24-16-18(15-22(31)25(24)39-12-11-38-23-10-9-20(30)13-17(23)2)14-21-26(32)35-29(33-27(21)36)40-28(34-35)19-7-5-4-6-8-19/h9-10,13-16,19,32H,3-8,11-12H2,1-2H3/b21-14-,32-26?. The number of rotatable bonds is 9. The second-order valence-electron chi connectivity index (χ2n) is 9.66. The maximum atomic E-state index is 13.0. The van der Waals surface area contributed by atoms with Gasteiger partial charge in [0.25, 0.3) is 5.91 Å². The summed E-state index contributed by atoms with van der Waals surface area (Å²) in [7, 11) is 0. The van der Waals surface area contributed by atoms with Gasteiger partial charge in [0.05, 0.1) is 15.8 Å². The van der Waals surface area contributed by atoms with E-state index in [1.807, 2.05) is 38.1 Å². The molecule has 3 aliphatic rings. The third-order valence-electron chi connectivity index (χ3n) is 6.79. The second kappa shape index (κ2) is 12.9. The highest BCUT2D eigenvalue weighted by Crippen LogP contribution is 2.38. The molecule has 2 aromatic rings. The minimum atomic E-state index is -0.438. The lowest BCUT2D eigenvalue weighted by molar-refractivity contribution is -0.114. The largest absolute Gasteiger partial charge is 0.490 e. The lowest BCUT2D eigenvalue weighted by atomic mass is 9.90. The summed E-state index contributed by atoms with van der Waals surface area (Å²) in [5.41, 5.74) is 1.86. The number of fused-ring (bicyclic) bond motifs is 1. The number of aliphatic imine (C=N–C) groups is 1. The van der Waals surface area contributed by atoms with Gasteiger partial charge in [0.15, 0.2) is 17.3 Å². The van der Waals surface area contributed by atoms with Crippen LogP contribution in [0.5, 0.6) is 17.2 Å². The van der Waals surface area contributed by atoms with E-state index in [4.69, 9.17) is 36.3 Å². The number of nitrogens with one attached hydrogen (secondary N) is 1. The summed E-state index contributed by atoms with van der Waals surface area (Å²) in [5, 5.41) is 17.0. The first-order valence-corrected chi connectivity index (χ1v) is 15.6. The molecule has 0 radical (unpaired) electrons. The van der Waals surface area contributed by atoms with Crippen LogP contribution < -0.4 is 14.2 Å². The number of hydrogen-bond acceptors (Lipinski definition) is 7. The van der Waals surface area contributed by atoms with Crippen molar-refractivity contribution in [2.75, 3.05) is 19.8 Å². The van der Waals surface area contributed by atoms with Crippen molar-refractivity contribution >= 4 is 74.0 Å². The van der Waals surface area contributed by atoms with E-state index in [1.165, 1.54) is 36.0 Å². The molecule has 2 heterocycles. The molecule has 0 spiro atoms. The molecule has 1 fully saturated rings. The Bertz CT molecular complexity index is 1420. The number of benzene rings is 2. The third-order valence-corrected chi connectivity index (χ3v) is 8.90. The van der Waals surface area contributed by atoms with Crippen LogP contribution in [0.15, 0.2) is 46.0 Å². The van der Waals surface area contributed by atoms with Gasteiger partial charge in [-0.25, -0.2) is 0 Å². The van der Waals surface area contributed by atoms with Crippen LogP contribution in [0, 0.1) is 21.8 Å². The third kappa shape index (κ3) is 6.49. The van der Waals surface area contributed by atoms with Gasteiger partial charge in [-0.15, -0.1) is 0 Å². The normalized spacial score (nSPS) is 18.5. The highest BCUT2D eigenvalue weighted by molar-refractivity contribution is 14.1. The molecular weight excluding hydrogens is 663 g/mol. The zero-order chi connectivity index (χ0) is 28.2. The molecule has 1 aliphatic carbocycles. The van der Waals surface area contributed by atoms with Gasteiger partial charge >= 0.3 is 0 Å². The highest BCUT2D eigenvalue weighted by Gasteiger charge is 2.38. The second-order valence-corrected chi connectivity index (χ2v) is 12.2. The number of carbonyl (C=O) groups is 1. The highest BCUT2D eigenvalue weighted by atomic mass is 127. The number of carbonyl (C=O) groups excluding carboxylic acids is 1. The van der Waals surface area contributed by atoms with Crippen molar-refractivity contribution in [3.05, 3.63) is 55.6 Å². The predicted molar refractivity (Wildman–Crippen MR) is 169 cm³/mol. The summed E-state index contributed by atoms with van der Waals surface area (Å²) in [6.07, 6.45) is 7.49. The van der Waals surface area contributed by atoms with Gasteiger partial charge in [-0.05, 0) is 109 Å². The lowest BCUT2D eigenvalue weighted by Crippen LogP contribution is -2.35. The fourth-order valence-electron chi connectivity index (χ4n) is 4.83. The number of amides is 1. The van der Waals surface area contributed by atoms with E-state index in [9.17, 15) is 4.79 Å². The Morgan fingerprint density at radius 3 is 2.65 bits per heavy atom. The Kier molecular flexibility index (Phi) is 9.37. The molecule has 1 saturated carbocycles. The van der Waals surface area contributed by atoms with Gasteiger partial charge in [-0.1, -0.05) is 30.9 Å². The molecule has 0 saturated heterocycles. The van der Waals surface area contributed by atoms with E-state index >= 15 is 0 Å². The van der Waals surface area contributed by atoms with Crippen LogP contribution in [0.1, 0.15) is 50.2 Å². The number of hydrogen-bond donors (Lipinski definition) is 1. The monoisotopic (exact) mass is 692 g/mol. The van der Waals surface area contributed by atoms with E-state index < -0.39 is 5.91 Å². The number of aryl methyl sites for hydroxylation is 1. The SMILES string of the molecule is CCOc1cc(/C=C2/C(=N)N3N=C(C4CCCCC4)SC3=NC2=O)cc(I)c1OCCOc1ccc(Cl)cc1C. The van der Waals surface area contributed by atoms with Crippen LogP contribution in [0.2, 0.25) is 5.02 Å². The summed E-state index contributed by atoms with van der Waals surface area (Å²) in [6, 6.07) is 9.20. The zero-order valence-electron chi connectivity index (χ0n) is 22.3. The van der Waals surface area contributed by atoms with E-state index in [1.54, 1.807) is 12.1 Å². The molecule has 0 aromatic heterocycles. The Balaban J connectivity index is 1.31. The first-order valence-electron chi connectivity index (χ1n) is 13.3. The fraction of sp³-hybridized carbons (Fsp3) is 0.379. The average molecular weight is 693 g/mol. The molecule has 40 heavy (non-hydrogen) atoms. The molecule has 5 rings (SSSR count). The van der Waals surface area contributed by atoms with Crippen molar-refractivity contribution < 1.29 is 19.0 Å². The number of amidine groups is 2. The van der Waals surface area contributed by atoms with Crippen molar-refractivity contribution in [1.82, 2.24) is 5.01 Å². The summed E-state index contributed by atoms with van der Waals surface area (Å²) < 4.78 is 18.6. The molecule has 1 amide bonds. The molecular formula is C29H30ClIN4O4S. The number of ether oxygens (including phenoxy) is 3. The van der Waals surface area contributed by atoms with Gasteiger partial charge in [0.2, 0.25) is 5.17 Å². The van der Waals surface area contributed by atoms with Crippen molar-refractivity contribution in [3.8, 4) is 17.2 Å². The quantitative estimate of drug-likeness (QED) is 0.168. The first-order chi connectivity index (χ1) is 19.3. The summed E-state index contributed by atoms with van der Waals surface area (Å²) in [4.78, 5) is 17.2. The summed E-state index contributed by atoms with van der Waals surface area (Å²) in [5.74, 6) is 1.89. The molecule has 2 aliphatic heterocycles. The first kappa shape index (κ1) is 28.9. The number of halogens is 2. The Labute approximate surface area is 256 Å². The topological polar surface area (TPSA) is 96.6 Å². The van der Waals surface area contributed by atoms with Gasteiger partial charge in [0.1, 0.15) is 24.0 Å². The molecule has 0 bridgehead atoms. The zero-order valence-corrected chi connectivity index (χ0v) is 26.1. The molecule has 210 valence electrons. The fourth-order valence-corrected chi connectivity index (χ4v) is 6.90. The Morgan fingerprint density at radius 2 is 1.90 bits per heavy atom. The van der Waals surface area contributed by atoms with Crippen LogP contribution in [-0.2, 0) is 4.79 Å². The van der Waals surface area contributed by atoms with Gasteiger partial charge < -0.3 is 14.2 Å². The molecule has 11 heteroatoms. The van der Waals surface area contributed by atoms with Gasteiger partial charge in [-0.3, -0.25) is 10.2 Å². The van der Waals surface area contributed by atoms with Crippen LogP contribution >= 0.6 is 46.0 Å². The number of thioether (sulfide) groups is 1. The van der Waals surface area contributed by atoms with Crippen molar-refractivity contribution in [1.29, 1.82) is 5.41 Å². The minimum absolute atomic E-state index is 0.0382. The van der Waals surface area contributed by atoms with Crippen molar-refractivity contribution in [2.24, 2.45) is 16.0 Å². The van der Waals surface area contributed by atoms with Crippen molar-refractivity contribution in [3.63, 3.8) is 0 Å². The molecule has 1 N–H and O–H groups in total. The molecule has 0 atom stereocenters. The Morgan fingerprint density at radius 1 is 1.12 bits per heavy atom. The maximum Gasteiger partial charge on any atom is 0.283 e.